The van der Waals surface area contributed by atoms with Crippen molar-refractivity contribution in [2.24, 2.45) is 0 Å². The normalized spacial score (nSPS) is 11.9. The molecule has 6 heteroatoms. The van der Waals surface area contributed by atoms with Crippen molar-refractivity contribution < 1.29 is 14.5 Å². The fourth-order valence-electron chi connectivity index (χ4n) is 2.74. The molecule has 2 rings (SSSR count). The number of hydrogen-bond donors (Lipinski definition) is 3. The van der Waals surface area contributed by atoms with Gasteiger partial charge in [-0.15, -0.1) is 11.8 Å². The molecule has 0 saturated heterocycles. The topological polar surface area (TPSA) is 62.6 Å². The van der Waals surface area contributed by atoms with Gasteiger partial charge in [0.1, 0.15) is 12.6 Å². The second kappa shape index (κ2) is 10.7. The Balaban J connectivity index is 1.79. The van der Waals surface area contributed by atoms with Gasteiger partial charge in [0.05, 0.1) is 25.6 Å². The van der Waals surface area contributed by atoms with Crippen molar-refractivity contribution in [3.8, 4) is 0 Å². The van der Waals surface area contributed by atoms with E-state index in [4.69, 9.17) is 0 Å². The number of hydrogen-bond acceptors (Lipinski definition) is 3. The Kier molecular flexibility index (Phi) is 8.36. The van der Waals surface area contributed by atoms with Gasteiger partial charge in [-0.3, -0.25) is 9.59 Å². The van der Waals surface area contributed by atoms with E-state index in [9.17, 15) is 9.59 Å². The molecule has 0 bridgehead atoms. The van der Waals surface area contributed by atoms with Crippen LogP contribution in [-0.2, 0) is 9.59 Å². The van der Waals surface area contributed by atoms with Crippen molar-refractivity contribution >= 4 is 29.3 Å². The summed E-state index contributed by atoms with van der Waals surface area (Å²) in [5.41, 5.74) is 2.96. The molecule has 0 aliphatic carbocycles. The highest BCUT2D eigenvalue weighted by atomic mass is 32.2. The Morgan fingerprint density at radius 3 is 2.37 bits per heavy atom. The summed E-state index contributed by atoms with van der Waals surface area (Å²) in [7, 11) is 4.12. The molecule has 5 nitrogen and oxygen atoms in total. The van der Waals surface area contributed by atoms with Crippen LogP contribution in [0, 0.1) is 6.92 Å². The molecule has 0 saturated carbocycles. The summed E-state index contributed by atoms with van der Waals surface area (Å²) in [5.74, 6) is 0.345. The Bertz CT molecular complexity index is 750. The Morgan fingerprint density at radius 1 is 1.00 bits per heavy atom. The number of carbonyl (C=O) groups excluding carboxylic acids is 2. The Hall–Kier alpha value is -2.31. The molecule has 27 heavy (non-hydrogen) atoms. The van der Waals surface area contributed by atoms with E-state index in [0.29, 0.717) is 0 Å². The maximum atomic E-state index is 12.3. The largest absolute Gasteiger partial charge is 0.343 e. The summed E-state index contributed by atoms with van der Waals surface area (Å²) < 4.78 is 0. The molecule has 0 aromatic heterocycles. The van der Waals surface area contributed by atoms with Crippen LogP contribution in [0.1, 0.15) is 17.2 Å². The first-order chi connectivity index (χ1) is 12.9. The second-order valence-electron chi connectivity index (χ2n) is 6.85. The van der Waals surface area contributed by atoms with Crippen LogP contribution in [0.5, 0.6) is 0 Å². The van der Waals surface area contributed by atoms with E-state index >= 15 is 0 Å². The van der Waals surface area contributed by atoms with Gasteiger partial charge in [-0.1, -0.05) is 42.5 Å². The van der Waals surface area contributed by atoms with Crippen molar-refractivity contribution in [2.45, 2.75) is 13.0 Å². The average molecular weight is 387 g/mol. The number of benzene rings is 2. The third-order valence-electron chi connectivity index (χ3n) is 3.92. The van der Waals surface area contributed by atoms with E-state index in [1.54, 1.807) is 0 Å². The first-order valence-corrected chi connectivity index (χ1v) is 10.2. The third kappa shape index (κ3) is 7.85. The van der Waals surface area contributed by atoms with Crippen molar-refractivity contribution in [3.05, 3.63) is 65.7 Å². The zero-order valence-electron chi connectivity index (χ0n) is 16.1. The molecule has 1 atom stereocenters. The number of amides is 2. The highest BCUT2D eigenvalue weighted by molar-refractivity contribution is 8.00. The molecular formula is C21H28N3O2S+. The van der Waals surface area contributed by atoms with Crippen molar-refractivity contribution in [1.82, 2.24) is 5.32 Å². The van der Waals surface area contributed by atoms with Gasteiger partial charge in [-0.2, -0.15) is 0 Å². The molecule has 0 aliphatic heterocycles. The minimum absolute atomic E-state index is 0.0366. The van der Waals surface area contributed by atoms with Gasteiger partial charge in [0.25, 0.3) is 0 Å². The number of nitrogens with one attached hydrogen (secondary N) is 3. The van der Waals surface area contributed by atoms with E-state index in [2.05, 4.69) is 24.7 Å². The molecule has 0 spiro atoms. The molecule has 0 radical (unpaired) electrons. The maximum absolute atomic E-state index is 12.3. The predicted molar refractivity (Wildman–Crippen MR) is 112 cm³/mol. The molecule has 0 unspecified atom stereocenters. The lowest BCUT2D eigenvalue weighted by Gasteiger charge is -2.20. The van der Waals surface area contributed by atoms with Gasteiger partial charge in [-0.25, -0.2) is 0 Å². The summed E-state index contributed by atoms with van der Waals surface area (Å²) in [6, 6.07) is 17.6. The van der Waals surface area contributed by atoms with Crippen molar-refractivity contribution in [3.63, 3.8) is 0 Å². The highest BCUT2D eigenvalue weighted by Gasteiger charge is 2.17. The molecule has 2 aromatic carbocycles. The van der Waals surface area contributed by atoms with Gasteiger partial charge in [0, 0.05) is 5.69 Å². The SMILES string of the molecule is Cc1cccc(NC(=O)CSCC(=O)N[C@@H](C[NH+](C)C)c2ccccc2)c1. The van der Waals surface area contributed by atoms with Gasteiger partial charge in [0.2, 0.25) is 11.8 Å². The smallest absolute Gasteiger partial charge is 0.234 e. The Labute approximate surface area is 165 Å². The molecule has 2 aromatic rings. The molecule has 2 amide bonds. The summed E-state index contributed by atoms with van der Waals surface area (Å²) in [4.78, 5) is 25.6. The molecule has 0 heterocycles. The van der Waals surface area contributed by atoms with E-state index < -0.39 is 0 Å². The zero-order chi connectivity index (χ0) is 19.6. The fraction of sp³-hybridized carbons (Fsp3) is 0.333. The standard InChI is InChI=1S/C21H27N3O2S/c1-16-8-7-11-18(12-16)22-20(25)14-27-15-21(26)23-19(13-24(2)3)17-9-5-4-6-10-17/h4-12,19H,13-15H2,1-3H3,(H,22,25)(H,23,26)/p+1/t19-/m0/s1. The maximum Gasteiger partial charge on any atom is 0.234 e. The number of aryl methyl sites for hydroxylation is 1. The van der Waals surface area contributed by atoms with E-state index in [1.807, 2.05) is 61.5 Å². The molecule has 0 fully saturated rings. The fourth-order valence-corrected chi connectivity index (χ4v) is 3.37. The van der Waals surface area contributed by atoms with Crippen LogP contribution in [0.2, 0.25) is 0 Å². The molecule has 3 N–H and O–H groups in total. The van der Waals surface area contributed by atoms with E-state index in [-0.39, 0.29) is 29.4 Å². The third-order valence-corrected chi connectivity index (χ3v) is 4.85. The van der Waals surface area contributed by atoms with Crippen molar-refractivity contribution in [2.75, 3.05) is 37.5 Å². The quantitative estimate of drug-likeness (QED) is 0.614. The average Bonchev–Trinajstić information content (AvgIpc) is 2.61. The van der Waals surface area contributed by atoms with Crippen LogP contribution >= 0.6 is 11.8 Å². The van der Waals surface area contributed by atoms with Gasteiger partial charge in [0.15, 0.2) is 0 Å². The summed E-state index contributed by atoms with van der Waals surface area (Å²) in [5, 5.41) is 5.94. The first-order valence-electron chi connectivity index (χ1n) is 9.01. The molecule has 144 valence electrons. The first kappa shape index (κ1) is 21.0. The number of rotatable bonds is 9. The van der Waals surface area contributed by atoms with Crippen LogP contribution in [0.3, 0.4) is 0 Å². The van der Waals surface area contributed by atoms with Gasteiger partial charge in [-0.05, 0) is 30.2 Å². The number of anilines is 1. The molecular weight excluding hydrogens is 358 g/mol. The summed E-state index contributed by atoms with van der Waals surface area (Å²) >= 11 is 1.32. The van der Waals surface area contributed by atoms with Crippen LogP contribution in [-0.4, -0.2) is 44.0 Å². The van der Waals surface area contributed by atoms with Gasteiger partial charge < -0.3 is 15.5 Å². The summed E-state index contributed by atoms with van der Waals surface area (Å²) in [6.45, 7) is 2.78. The summed E-state index contributed by atoms with van der Waals surface area (Å²) in [6.07, 6.45) is 0. The second-order valence-corrected chi connectivity index (χ2v) is 7.84. The molecule has 0 aliphatic rings. The lowest BCUT2D eigenvalue weighted by molar-refractivity contribution is -0.860. The predicted octanol–water partition coefficient (Wildman–Crippen LogP) is 1.67. The van der Waals surface area contributed by atoms with Crippen LogP contribution in [0.25, 0.3) is 0 Å². The number of quaternary nitrogens is 1. The number of likely N-dealkylation sites (N-methyl/N-ethyl adjacent to an activating group) is 1. The van der Waals surface area contributed by atoms with Crippen molar-refractivity contribution in [1.29, 1.82) is 0 Å². The number of carbonyl (C=O) groups is 2. The Morgan fingerprint density at radius 2 is 1.70 bits per heavy atom. The van der Waals surface area contributed by atoms with Crippen LogP contribution < -0.4 is 15.5 Å². The minimum atomic E-state index is -0.101. The van der Waals surface area contributed by atoms with E-state index in [0.717, 1.165) is 23.4 Å². The lowest BCUT2D eigenvalue weighted by Crippen LogP contribution is -3.06. The lowest BCUT2D eigenvalue weighted by atomic mass is 10.1. The zero-order valence-corrected chi connectivity index (χ0v) is 16.9. The van der Waals surface area contributed by atoms with Crippen LogP contribution in [0.15, 0.2) is 54.6 Å². The minimum Gasteiger partial charge on any atom is -0.343 e. The van der Waals surface area contributed by atoms with E-state index in [1.165, 1.54) is 16.7 Å². The monoisotopic (exact) mass is 386 g/mol. The highest BCUT2D eigenvalue weighted by Crippen LogP contribution is 2.12. The van der Waals surface area contributed by atoms with Gasteiger partial charge >= 0.3 is 0 Å². The number of thioether (sulfide) groups is 1. The van der Waals surface area contributed by atoms with Crippen LogP contribution in [0.4, 0.5) is 5.69 Å².